The van der Waals surface area contributed by atoms with Gasteiger partial charge in [-0.3, -0.25) is 14.6 Å². The molecule has 2 saturated carbocycles. The normalized spacial score (nSPS) is 27.2. The second-order valence-corrected chi connectivity index (χ2v) is 10.7. The molecule has 2 aromatic rings. The lowest BCUT2D eigenvalue weighted by atomic mass is 9.81. The molecule has 3 fully saturated rings. The Bertz CT molecular complexity index is 1200. The predicted octanol–water partition coefficient (Wildman–Crippen LogP) is 3.22. The molecule has 2 amide bonds. The summed E-state index contributed by atoms with van der Waals surface area (Å²) in [5.41, 5.74) is -1.52. The number of carbonyl (C=O) groups excluding carboxylic acids is 2. The van der Waals surface area contributed by atoms with E-state index in [4.69, 9.17) is 0 Å². The van der Waals surface area contributed by atoms with Crippen LogP contribution in [-0.4, -0.2) is 71.8 Å². The molecule has 0 bridgehead atoms. The van der Waals surface area contributed by atoms with Crippen molar-refractivity contribution in [3.8, 4) is 17.0 Å². The van der Waals surface area contributed by atoms with Crippen molar-refractivity contribution in [2.24, 2.45) is 5.92 Å². The van der Waals surface area contributed by atoms with Crippen molar-refractivity contribution in [2.75, 3.05) is 6.54 Å². The fourth-order valence-electron chi connectivity index (χ4n) is 5.65. The number of aromatic hydroxyl groups is 1. The zero-order chi connectivity index (χ0) is 26.6. The van der Waals surface area contributed by atoms with Crippen molar-refractivity contribution < 1.29 is 33.0 Å². The molecule has 2 aliphatic carbocycles. The zero-order valence-corrected chi connectivity index (χ0v) is 20.4. The van der Waals surface area contributed by atoms with E-state index in [1.807, 2.05) is 0 Å². The number of nitrogens with one attached hydrogen (secondary N) is 2. The molecule has 12 heteroatoms. The van der Waals surface area contributed by atoms with Crippen molar-refractivity contribution in [3.63, 3.8) is 0 Å². The van der Waals surface area contributed by atoms with E-state index in [9.17, 15) is 33.0 Å². The molecular formula is C25H30F3N5O4. The highest BCUT2D eigenvalue weighted by Gasteiger charge is 2.56. The van der Waals surface area contributed by atoms with Crippen LogP contribution in [0.25, 0.3) is 11.3 Å². The van der Waals surface area contributed by atoms with Crippen LogP contribution in [0.2, 0.25) is 0 Å². The quantitative estimate of drug-likeness (QED) is 0.489. The summed E-state index contributed by atoms with van der Waals surface area (Å²) < 4.78 is 39.2. The van der Waals surface area contributed by atoms with Gasteiger partial charge in [0.1, 0.15) is 5.75 Å². The first-order valence-corrected chi connectivity index (χ1v) is 12.5. The Labute approximate surface area is 211 Å². The van der Waals surface area contributed by atoms with Crippen molar-refractivity contribution >= 4 is 11.8 Å². The SMILES string of the molecule is Cc1cc(-c2c[nH]c(C(=O)N3CCC(C(=O)NC4CCC(O)(C(F)(F)F)CC4)CC34CC4)n2)c(O)cn1. The summed E-state index contributed by atoms with van der Waals surface area (Å²) in [6.45, 7) is 2.15. The minimum atomic E-state index is -4.67. The summed E-state index contributed by atoms with van der Waals surface area (Å²) in [6.07, 6.45) is -0.0455. The number of H-pyrrole nitrogens is 1. The van der Waals surface area contributed by atoms with Crippen LogP contribution >= 0.6 is 0 Å². The van der Waals surface area contributed by atoms with Crippen molar-refractivity contribution in [1.29, 1.82) is 0 Å². The van der Waals surface area contributed by atoms with Gasteiger partial charge in [0.2, 0.25) is 5.91 Å². The highest BCUT2D eigenvalue weighted by Crippen LogP contribution is 2.50. The second kappa shape index (κ2) is 9.00. The molecule has 1 atom stereocenters. The Morgan fingerprint density at radius 2 is 1.89 bits per heavy atom. The number of hydrogen-bond donors (Lipinski definition) is 4. The molecular weight excluding hydrogens is 491 g/mol. The molecule has 0 radical (unpaired) electrons. The molecule has 2 aromatic heterocycles. The summed E-state index contributed by atoms with van der Waals surface area (Å²) in [7, 11) is 0. The van der Waals surface area contributed by atoms with E-state index < -0.39 is 36.2 Å². The third kappa shape index (κ3) is 4.78. The highest BCUT2D eigenvalue weighted by atomic mass is 19.4. The first-order chi connectivity index (χ1) is 17.4. The van der Waals surface area contributed by atoms with Gasteiger partial charge < -0.3 is 25.4 Å². The maximum Gasteiger partial charge on any atom is 0.417 e. The summed E-state index contributed by atoms with van der Waals surface area (Å²) in [4.78, 5) is 39.4. The number of aliphatic hydroxyl groups is 1. The average molecular weight is 522 g/mol. The van der Waals surface area contributed by atoms with Crippen LogP contribution in [0.5, 0.6) is 5.75 Å². The van der Waals surface area contributed by atoms with E-state index in [0.717, 1.165) is 12.8 Å². The van der Waals surface area contributed by atoms with E-state index >= 15 is 0 Å². The minimum Gasteiger partial charge on any atom is -0.506 e. The first-order valence-electron chi connectivity index (χ1n) is 12.5. The molecule has 1 spiro atoms. The number of hydrogen-bond acceptors (Lipinski definition) is 6. The number of amides is 2. The molecule has 0 aromatic carbocycles. The van der Waals surface area contributed by atoms with Gasteiger partial charge in [0.05, 0.1) is 11.9 Å². The molecule has 5 rings (SSSR count). The number of aromatic nitrogens is 3. The fourth-order valence-corrected chi connectivity index (χ4v) is 5.65. The largest absolute Gasteiger partial charge is 0.506 e. The Morgan fingerprint density at radius 3 is 2.54 bits per heavy atom. The molecule has 200 valence electrons. The lowest BCUT2D eigenvalue weighted by Crippen LogP contribution is -2.54. The third-order valence-corrected chi connectivity index (χ3v) is 8.11. The van der Waals surface area contributed by atoms with Crippen LogP contribution < -0.4 is 5.32 Å². The van der Waals surface area contributed by atoms with E-state index in [2.05, 4.69) is 20.3 Å². The number of alkyl halides is 3. The maximum atomic E-state index is 13.3. The lowest BCUT2D eigenvalue weighted by molar-refractivity contribution is -0.270. The monoisotopic (exact) mass is 521 g/mol. The molecule has 9 nitrogen and oxygen atoms in total. The van der Waals surface area contributed by atoms with Crippen molar-refractivity contribution in [3.05, 3.63) is 30.0 Å². The van der Waals surface area contributed by atoms with Gasteiger partial charge in [-0.05, 0) is 64.4 Å². The Balaban J connectivity index is 1.20. The number of aryl methyl sites for hydroxylation is 1. The molecule has 3 aliphatic rings. The van der Waals surface area contributed by atoms with Gasteiger partial charge in [-0.15, -0.1) is 0 Å². The molecule has 37 heavy (non-hydrogen) atoms. The number of rotatable bonds is 4. The van der Waals surface area contributed by atoms with Crippen LogP contribution in [0, 0.1) is 12.8 Å². The molecule has 4 N–H and O–H groups in total. The van der Waals surface area contributed by atoms with Crippen molar-refractivity contribution in [1.82, 2.24) is 25.2 Å². The number of likely N-dealkylation sites (tertiary alicyclic amines) is 1. The number of pyridine rings is 1. The lowest BCUT2D eigenvalue weighted by Gasteiger charge is -2.41. The van der Waals surface area contributed by atoms with Gasteiger partial charge >= 0.3 is 6.18 Å². The van der Waals surface area contributed by atoms with Gasteiger partial charge in [-0.25, -0.2) is 4.98 Å². The first kappa shape index (κ1) is 25.5. The predicted molar refractivity (Wildman–Crippen MR) is 125 cm³/mol. The Morgan fingerprint density at radius 1 is 1.19 bits per heavy atom. The summed E-state index contributed by atoms with van der Waals surface area (Å²) in [5.74, 6) is -0.699. The number of piperidine rings is 1. The Kier molecular flexibility index (Phi) is 6.20. The molecule has 1 aliphatic heterocycles. The summed E-state index contributed by atoms with van der Waals surface area (Å²) >= 11 is 0. The van der Waals surface area contributed by atoms with E-state index in [1.165, 1.54) is 6.20 Å². The van der Waals surface area contributed by atoms with E-state index in [-0.39, 0.29) is 42.1 Å². The topological polar surface area (TPSA) is 131 Å². The minimum absolute atomic E-state index is 0.0392. The van der Waals surface area contributed by atoms with E-state index in [0.29, 0.717) is 36.3 Å². The average Bonchev–Trinajstić information content (AvgIpc) is 3.42. The number of aromatic amines is 1. The molecule has 1 saturated heterocycles. The van der Waals surface area contributed by atoms with Crippen molar-refractivity contribution in [2.45, 2.75) is 81.6 Å². The number of nitrogens with zero attached hydrogens (tertiary/aromatic N) is 3. The van der Waals surface area contributed by atoms with Crippen LogP contribution in [0.15, 0.2) is 18.5 Å². The van der Waals surface area contributed by atoms with Gasteiger partial charge in [-0.2, -0.15) is 13.2 Å². The summed E-state index contributed by atoms with van der Waals surface area (Å²) in [6, 6.07) is 1.28. The van der Waals surface area contributed by atoms with E-state index in [1.54, 1.807) is 24.1 Å². The molecule has 1 unspecified atom stereocenters. The number of imidazole rings is 1. The second-order valence-electron chi connectivity index (χ2n) is 10.7. The standard InChI is InChI=1S/C25H30F3N5O4/c1-14-10-17(19(34)13-29-14)18-12-30-20(32-18)22(36)33-9-4-15(11-23(33)7-8-23)21(35)31-16-2-5-24(37,6-3-16)25(26,27)28/h10,12-13,15-16,34,37H,2-9,11H2,1H3,(H,30,32)(H,31,35). The van der Waals surface area contributed by atoms with Crippen LogP contribution in [0.4, 0.5) is 13.2 Å². The number of carbonyl (C=O) groups is 2. The Hall–Kier alpha value is -3.15. The van der Waals surface area contributed by atoms with Gasteiger partial charge in [-0.1, -0.05) is 0 Å². The summed E-state index contributed by atoms with van der Waals surface area (Å²) in [5, 5.41) is 22.9. The van der Waals surface area contributed by atoms with Crippen LogP contribution in [0.1, 0.15) is 67.7 Å². The fraction of sp³-hybridized carbons (Fsp3) is 0.600. The van der Waals surface area contributed by atoms with Crippen LogP contribution in [-0.2, 0) is 4.79 Å². The molecule has 3 heterocycles. The van der Waals surface area contributed by atoms with Gasteiger partial charge in [0, 0.05) is 41.5 Å². The smallest absolute Gasteiger partial charge is 0.417 e. The highest BCUT2D eigenvalue weighted by molar-refractivity contribution is 5.92. The van der Waals surface area contributed by atoms with Gasteiger partial charge in [0.15, 0.2) is 11.4 Å². The maximum absolute atomic E-state index is 13.3. The third-order valence-electron chi connectivity index (χ3n) is 8.11. The van der Waals surface area contributed by atoms with Gasteiger partial charge in [0.25, 0.3) is 5.91 Å². The van der Waals surface area contributed by atoms with Crippen LogP contribution in [0.3, 0.4) is 0 Å². The zero-order valence-electron chi connectivity index (χ0n) is 20.4. The number of halogens is 3.